The van der Waals surface area contributed by atoms with Crippen LogP contribution < -0.4 is 0 Å². The molecule has 0 aliphatic rings. The highest BCUT2D eigenvalue weighted by Crippen LogP contribution is 1.74. The summed E-state index contributed by atoms with van der Waals surface area (Å²) in [6.45, 7) is 2.28. The van der Waals surface area contributed by atoms with Crippen LogP contribution in [0.2, 0.25) is 0 Å². The summed E-state index contributed by atoms with van der Waals surface area (Å²) in [6.07, 6.45) is -2.04. The molecule has 0 spiro atoms. The summed E-state index contributed by atoms with van der Waals surface area (Å²) in [4.78, 5) is 37.3. The molecule has 0 saturated carbocycles. The molecule has 0 aromatic heterocycles. The topological polar surface area (TPSA) is 169 Å². The summed E-state index contributed by atoms with van der Waals surface area (Å²) in [5.41, 5.74) is 0. The van der Waals surface area contributed by atoms with Gasteiger partial charge < -0.3 is 25.5 Å². The van der Waals surface area contributed by atoms with Crippen LogP contribution in [0.3, 0.4) is 0 Å². The minimum atomic E-state index is -1.31. The maximum Gasteiger partial charge on any atom is 0.332 e. The van der Waals surface area contributed by atoms with Crippen LogP contribution in [0.1, 0.15) is 20.3 Å². The summed E-state index contributed by atoms with van der Waals surface area (Å²) >= 11 is 0. The SMILES string of the molecule is CC(=O)O.CC(O)C(=O)O.O=C(O)CC(=O)O. The Balaban J connectivity index is -0.000000180. The van der Waals surface area contributed by atoms with Gasteiger partial charge in [0.15, 0.2) is 0 Å². The van der Waals surface area contributed by atoms with E-state index in [0.717, 1.165) is 6.92 Å². The molecule has 1 unspecified atom stereocenters. The number of carboxylic acids is 4. The lowest BCUT2D eigenvalue weighted by molar-refractivity contribution is -0.147. The van der Waals surface area contributed by atoms with Crippen molar-refractivity contribution < 1.29 is 44.7 Å². The molecule has 17 heavy (non-hydrogen) atoms. The van der Waals surface area contributed by atoms with Gasteiger partial charge in [-0.2, -0.15) is 0 Å². The molecule has 1 atom stereocenters. The molecule has 0 radical (unpaired) electrons. The van der Waals surface area contributed by atoms with Gasteiger partial charge >= 0.3 is 17.9 Å². The fourth-order valence-corrected chi connectivity index (χ4v) is 0.129. The normalized spacial score (nSPS) is 9.59. The summed E-state index contributed by atoms with van der Waals surface area (Å²) in [5.74, 6) is -4.64. The van der Waals surface area contributed by atoms with Gasteiger partial charge in [-0.15, -0.1) is 0 Å². The van der Waals surface area contributed by atoms with Crippen molar-refractivity contribution in [2.45, 2.75) is 26.4 Å². The average molecular weight is 254 g/mol. The fraction of sp³-hybridized carbons (Fsp3) is 0.500. The highest BCUT2D eigenvalue weighted by atomic mass is 16.4. The molecule has 0 aliphatic heterocycles. The minimum Gasteiger partial charge on any atom is -0.481 e. The zero-order valence-electron chi connectivity index (χ0n) is 9.15. The fourth-order valence-electron chi connectivity index (χ4n) is 0.129. The summed E-state index contributed by atoms with van der Waals surface area (Å²) in [5, 5.41) is 38.6. The maximum absolute atomic E-state index is 9.45. The van der Waals surface area contributed by atoms with Crippen LogP contribution in [-0.4, -0.2) is 55.5 Å². The van der Waals surface area contributed by atoms with Gasteiger partial charge in [-0.1, -0.05) is 0 Å². The van der Waals surface area contributed by atoms with Crippen molar-refractivity contribution in [1.29, 1.82) is 0 Å². The van der Waals surface area contributed by atoms with Crippen molar-refractivity contribution in [1.82, 2.24) is 0 Å². The smallest absolute Gasteiger partial charge is 0.332 e. The second-order valence-electron chi connectivity index (χ2n) is 2.50. The van der Waals surface area contributed by atoms with E-state index in [2.05, 4.69) is 0 Å². The first-order valence-corrected chi connectivity index (χ1v) is 4.04. The minimum absolute atomic E-state index is 0.806. The number of carbonyl (C=O) groups is 4. The summed E-state index contributed by atoms with van der Waals surface area (Å²) < 4.78 is 0. The lowest BCUT2D eigenvalue weighted by Gasteiger charge is -1.89. The Labute approximate surface area is 95.9 Å². The Hall–Kier alpha value is -2.16. The molecular formula is C8H14O9. The third kappa shape index (κ3) is 56.9. The Bertz CT molecular complexity index is 252. The largest absolute Gasteiger partial charge is 0.481 e. The number of aliphatic hydroxyl groups excluding tert-OH is 1. The highest BCUT2D eigenvalue weighted by molar-refractivity contribution is 5.88. The van der Waals surface area contributed by atoms with Crippen molar-refractivity contribution in [2.24, 2.45) is 0 Å². The quantitative estimate of drug-likeness (QED) is 0.400. The van der Waals surface area contributed by atoms with Crippen LogP contribution in [0.25, 0.3) is 0 Å². The van der Waals surface area contributed by atoms with Crippen LogP contribution in [0.5, 0.6) is 0 Å². The molecule has 0 saturated heterocycles. The van der Waals surface area contributed by atoms with Gasteiger partial charge in [0, 0.05) is 6.92 Å². The highest BCUT2D eigenvalue weighted by Gasteiger charge is 2.02. The lowest BCUT2D eigenvalue weighted by Crippen LogP contribution is -2.13. The number of rotatable bonds is 3. The van der Waals surface area contributed by atoms with Gasteiger partial charge in [-0.05, 0) is 6.92 Å². The number of hydrogen-bond donors (Lipinski definition) is 5. The molecule has 100 valence electrons. The van der Waals surface area contributed by atoms with Gasteiger partial charge in [0.05, 0.1) is 0 Å². The zero-order chi connectivity index (χ0) is 14.6. The summed E-state index contributed by atoms with van der Waals surface area (Å²) in [7, 11) is 0. The summed E-state index contributed by atoms with van der Waals surface area (Å²) in [6, 6.07) is 0. The molecule has 9 heteroatoms. The van der Waals surface area contributed by atoms with E-state index in [9.17, 15) is 14.4 Å². The molecule has 0 rings (SSSR count). The predicted octanol–water partition coefficient (Wildman–Crippen LogP) is -0.912. The van der Waals surface area contributed by atoms with Crippen molar-refractivity contribution in [3.8, 4) is 0 Å². The van der Waals surface area contributed by atoms with Crippen LogP contribution in [-0.2, 0) is 19.2 Å². The van der Waals surface area contributed by atoms with E-state index in [1.807, 2.05) is 0 Å². The third-order valence-electron chi connectivity index (χ3n) is 0.660. The van der Waals surface area contributed by atoms with E-state index >= 15 is 0 Å². The standard InChI is InChI=1S/C3H4O4.C3H6O3.C2H4O2/c4-2(5)1-3(6)7;1-2(4)3(5)6;1-2(3)4/h1H2,(H,4,5)(H,6,7);2,4H,1H3,(H,5,6);1H3,(H,3,4). The first kappa shape index (κ1) is 20.3. The predicted molar refractivity (Wildman–Crippen MR) is 52.5 cm³/mol. The first-order chi connectivity index (χ1) is 7.50. The zero-order valence-corrected chi connectivity index (χ0v) is 9.15. The van der Waals surface area contributed by atoms with Crippen molar-refractivity contribution in [3.63, 3.8) is 0 Å². The molecule has 9 nitrogen and oxygen atoms in total. The van der Waals surface area contributed by atoms with Crippen LogP contribution in [0.15, 0.2) is 0 Å². The second-order valence-corrected chi connectivity index (χ2v) is 2.50. The van der Waals surface area contributed by atoms with Gasteiger partial charge in [0.1, 0.15) is 12.5 Å². The number of aliphatic carboxylic acids is 4. The van der Waals surface area contributed by atoms with E-state index in [-0.39, 0.29) is 0 Å². The van der Waals surface area contributed by atoms with E-state index in [1.54, 1.807) is 0 Å². The average Bonchev–Trinajstić information content (AvgIpc) is 2.00. The van der Waals surface area contributed by atoms with Gasteiger partial charge in [-0.25, -0.2) is 4.79 Å². The van der Waals surface area contributed by atoms with Crippen LogP contribution >= 0.6 is 0 Å². The van der Waals surface area contributed by atoms with E-state index in [0.29, 0.717) is 0 Å². The maximum atomic E-state index is 9.45. The van der Waals surface area contributed by atoms with Gasteiger partial charge in [0.2, 0.25) is 0 Å². The molecule has 5 N–H and O–H groups in total. The van der Waals surface area contributed by atoms with Crippen molar-refractivity contribution >= 4 is 23.9 Å². The van der Waals surface area contributed by atoms with Crippen LogP contribution in [0.4, 0.5) is 0 Å². The molecule has 0 fully saturated rings. The molecule has 0 aliphatic carbocycles. The van der Waals surface area contributed by atoms with E-state index < -0.39 is 36.4 Å². The Morgan fingerprint density at radius 2 is 1.12 bits per heavy atom. The number of hydrogen-bond acceptors (Lipinski definition) is 5. The molecular weight excluding hydrogens is 240 g/mol. The molecule has 0 aromatic carbocycles. The lowest BCUT2D eigenvalue weighted by atomic mass is 10.4. The van der Waals surface area contributed by atoms with E-state index in [1.165, 1.54) is 6.92 Å². The van der Waals surface area contributed by atoms with Gasteiger partial charge in [-0.3, -0.25) is 14.4 Å². The Morgan fingerprint density at radius 1 is 0.941 bits per heavy atom. The van der Waals surface area contributed by atoms with Crippen molar-refractivity contribution in [2.75, 3.05) is 0 Å². The van der Waals surface area contributed by atoms with Crippen molar-refractivity contribution in [3.05, 3.63) is 0 Å². The molecule has 0 bridgehead atoms. The monoisotopic (exact) mass is 254 g/mol. The molecule has 0 amide bonds. The number of aliphatic hydroxyl groups is 1. The first-order valence-electron chi connectivity index (χ1n) is 4.04. The third-order valence-corrected chi connectivity index (χ3v) is 0.660. The molecule has 0 aromatic rings. The number of carboxylic acid groups (broad SMARTS) is 4. The van der Waals surface area contributed by atoms with Gasteiger partial charge in [0.25, 0.3) is 5.97 Å². The second kappa shape index (κ2) is 11.9. The van der Waals surface area contributed by atoms with E-state index in [4.69, 9.17) is 30.3 Å². The molecule has 0 heterocycles. The van der Waals surface area contributed by atoms with Crippen LogP contribution in [0, 0.1) is 0 Å². The Morgan fingerprint density at radius 3 is 1.12 bits per heavy atom. The Kier molecular flexibility index (Phi) is 14.2.